The minimum Gasteiger partial charge on any atom is -0.393 e. The fourth-order valence-electron chi connectivity index (χ4n) is 1.71. The summed E-state index contributed by atoms with van der Waals surface area (Å²) in [5.41, 5.74) is 8.52. The molecule has 1 aromatic rings. The second kappa shape index (κ2) is 6.50. The van der Waals surface area contributed by atoms with Gasteiger partial charge in [-0.05, 0) is 44.0 Å². The van der Waals surface area contributed by atoms with Gasteiger partial charge < -0.3 is 10.6 Å². The van der Waals surface area contributed by atoms with E-state index in [2.05, 4.69) is 0 Å². The van der Waals surface area contributed by atoms with E-state index in [1.165, 1.54) is 5.56 Å². The van der Waals surface area contributed by atoms with Gasteiger partial charge in [0.25, 0.3) is 5.91 Å². The highest BCUT2D eigenvalue weighted by atomic mass is 32.1. The number of hydrogen-bond acceptors (Lipinski definition) is 2. The van der Waals surface area contributed by atoms with Crippen molar-refractivity contribution in [3.63, 3.8) is 0 Å². The third-order valence-electron chi connectivity index (χ3n) is 3.05. The SMILES string of the molecule is CCN(CCC(N)=S)C(=O)c1ccc(C)c(C)c1. The molecule has 0 aliphatic heterocycles. The van der Waals surface area contributed by atoms with E-state index in [0.29, 0.717) is 24.5 Å². The van der Waals surface area contributed by atoms with Gasteiger partial charge in [-0.1, -0.05) is 18.3 Å². The Hall–Kier alpha value is -1.42. The number of carbonyl (C=O) groups excluding carboxylic acids is 1. The van der Waals surface area contributed by atoms with Crippen molar-refractivity contribution >= 4 is 23.1 Å². The Morgan fingerprint density at radius 2 is 2.00 bits per heavy atom. The zero-order valence-corrected chi connectivity index (χ0v) is 12.0. The maximum absolute atomic E-state index is 12.3. The predicted molar refractivity (Wildman–Crippen MR) is 78.9 cm³/mol. The summed E-state index contributed by atoms with van der Waals surface area (Å²) in [5.74, 6) is 0.0388. The first-order chi connectivity index (χ1) is 8.45. The van der Waals surface area contributed by atoms with E-state index < -0.39 is 0 Å². The van der Waals surface area contributed by atoms with Gasteiger partial charge in [0.2, 0.25) is 0 Å². The lowest BCUT2D eigenvalue weighted by Gasteiger charge is -2.21. The van der Waals surface area contributed by atoms with Crippen LogP contribution in [0.4, 0.5) is 0 Å². The maximum atomic E-state index is 12.3. The van der Waals surface area contributed by atoms with Crippen LogP contribution in [-0.4, -0.2) is 28.9 Å². The quantitative estimate of drug-likeness (QED) is 0.831. The minimum absolute atomic E-state index is 0.0388. The molecule has 0 radical (unpaired) electrons. The van der Waals surface area contributed by atoms with Gasteiger partial charge in [-0.25, -0.2) is 0 Å². The van der Waals surface area contributed by atoms with Crippen LogP contribution in [-0.2, 0) is 0 Å². The van der Waals surface area contributed by atoms with E-state index in [1.54, 1.807) is 4.90 Å². The molecule has 0 aliphatic rings. The standard InChI is InChI=1S/C14H20N2OS/c1-4-16(8-7-13(15)18)14(17)12-6-5-10(2)11(3)9-12/h5-6,9H,4,7-8H2,1-3H3,(H2,15,18). The van der Waals surface area contributed by atoms with Gasteiger partial charge in [0.1, 0.15) is 0 Å². The third-order valence-corrected chi connectivity index (χ3v) is 3.26. The molecule has 0 atom stereocenters. The molecule has 3 nitrogen and oxygen atoms in total. The van der Waals surface area contributed by atoms with Crippen molar-refractivity contribution in [1.82, 2.24) is 4.90 Å². The van der Waals surface area contributed by atoms with E-state index >= 15 is 0 Å². The van der Waals surface area contributed by atoms with Crippen LogP contribution >= 0.6 is 12.2 Å². The highest BCUT2D eigenvalue weighted by molar-refractivity contribution is 7.80. The molecule has 0 saturated carbocycles. The molecule has 0 heterocycles. The van der Waals surface area contributed by atoms with Crippen molar-refractivity contribution in [2.45, 2.75) is 27.2 Å². The average molecular weight is 264 g/mol. The van der Waals surface area contributed by atoms with Gasteiger partial charge in [-0.15, -0.1) is 0 Å². The number of thiocarbonyl (C=S) groups is 1. The molecule has 0 aliphatic carbocycles. The van der Waals surface area contributed by atoms with E-state index in [-0.39, 0.29) is 5.91 Å². The normalized spacial score (nSPS) is 10.2. The summed E-state index contributed by atoms with van der Waals surface area (Å²) in [7, 11) is 0. The second-order valence-electron chi connectivity index (χ2n) is 4.40. The molecule has 1 amide bonds. The molecule has 18 heavy (non-hydrogen) atoms. The number of carbonyl (C=O) groups is 1. The van der Waals surface area contributed by atoms with Crippen molar-refractivity contribution in [3.05, 3.63) is 34.9 Å². The monoisotopic (exact) mass is 264 g/mol. The van der Waals surface area contributed by atoms with Crippen LogP contribution in [0.3, 0.4) is 0 Å². The fourth-order valence-corrected chi connectivity index (χ4v) is 1.80. The molecule has 0 fully saturated rings. The Labute approximate surface area is 114 Å². The lowest BCUT2D eigenvalue weighted by Crippen LogP contribution is -2.33. The first-order valence-electron chi connectivity index (χ1n) is 6.10. The molecule has 0 aromatic heterocycles. The van der Waals surface area contributed by atoms with Crippen LogP contribution in [0, 0.1) is 13.8 Å². The van der Waals surface area contributed by atoms with E-state index in [0.717, 1.165) is 11.1 Å². The van der Waals surface area contributed by atoms with Gasteiger partial charge in [0.15, 0.2) is 0 Å². The molecule has 4 heteroatoms. The summed E-state index contributed by atoms with van der Waals surface area (Å²) in [5, 5.41) is 0. The molecule has 0 unspecified atom stereocenters. The molecule has 0 saturated heterocycles. The molecule has 1 rings (SSSR count). The van der Waals surface area contributed by atoms with Gasteiger partial charge in [-0.2, -0.15) is 0 Å². The number of amides is 1. The smallest absolute Gasteiger partial charge is 0.253 e. The first kappa shape index (κ1) is 14.6. The van der Waals surface area contributed by atoms with Crippen molar-refractivity contribution < 1.29 is 4.79 Å². The maximum Gasteiger partial charge on any atom is 0.253 e. The van der Waals surface area contributed by atoms with Crippen LogP contribution in [0.2, 0.25) is 0 Å². The Kier molecular flexibility index (Phi) is 5.28. The molecular formula is C14H20N2OS. The predicted octanol–water partition coefficient (Wildman–Crippen LogP) is 2.44. The molecule has 98 valence electrons. The largest absolute Gasteiger partial charge is 0.393 e. The lowest BCUT2D eigenvalue weighted by atomic mass is 10.1. The Balaban J connectivity index is 2.82. The second-order valence-corrected chi connectivity index (χ2v) is 4.92. The van der Waals surface area contributed by atoms with Crippen molar-refractivity contribution in [2.75, 3.05) is 13.1 Å². The molecule has 0 bridgehead atoms. The lowest BCUT2D eigenvalue weighted by molar-refractivity contribution is 0.0769. The van der Waals surface area contributed by atoms with Crippen LogP contribution in [0.5, 0.6) is 0 Å². The van der Waals surface area contributed by atoms with E-state index in [9.17, 15) is 4.79 Å². The zero-order valence-electron chi connectivity index (χ0n) is 11.2. The van der Waals surface area contributed by atoms with Crippen LogP contribution < -0.4 is 5.73 Å². The summed E-state index contributed by atoms with van der Waals surface area (Å²) in [6.07, 6.45) is 0.569. The summed E-state index contributed by atoms with van der Waals surface area (Å²) in [6.45, 7) is 7.25. The number of aryl methyl sites for hydroxylation is 2. The minimum atomic E-state index is 0.0388. The van der Waals surface area contributed by atoms with Gasteiger partial charge in [0.05, 0.1) is 4.99 Å². The summed E-state index contributed by atoms with van der Waals surface area (Å²) < 4.78 is 0. The Bertz CT molecular complexity index is 457. The van der Waals surface area contributed by atoms with Gasteiger partial charge >= 0.3 is 0 Å². The number of hydrogen-bond donors (Lipinski definition) is 1. The summed E-state index contributed by atoms with van der Waals surface area (Å²) >= 11 is 4.84. The van der Waals surface area contributed by atoms with E-state index in [1.807, 2.05) is 39.0 Å². The third kappa shape index (κ3) is 3.81. The zero-order chi connectivity index (χ0) is 13.7. The fraction of sp³-hybridized carbons (Fsp3) is 0.429. The Morgan fingerprint density at radius 3 is 2.50 bits per heavy atom. The average Bonchev–Trinajstić information content (AvgIpc) is 2.32. The number of nitrogens with two attached hydrogens (primary N) is 1. The summed E-state index contributed by atoms with van der Waals surface area (Å²) in [6, 6.07) is 5.78. The highest BCUT2D eigenvalue weighted by Crippen LogP contribution is 2.12. The number of nitrogens with zero attached hydrogens (tertiary/aromatic N) is 1. The van der Waals surface area contributed by atoms with Crippen LogP contribution in [0.1, 0.15) is 34.8 Å². The van der Waals surface area contributed by atoms with E-state index in [4.69, 9.17) is 18.0 Å². The summed E-state index contributed by atoms with van der Waals surface area (Å²) in [4.78, 5) is 14.5. The van der Waals surface area contributed by atoms with Crippen molar-refractivity contribution in [3.8, 4) is 0 Å². The first-order valence-corrected chi connectivity index (χ1v) is 6.51. The van der Waals surface area contributed by atoms with Crippen LogP contribution in [0.25, 0.3) is 0 Å². The highest BCUT2D eigenvalue weighted by Gasteiger charge is 2.14. The Morgan fingerprint density at radius 1 is 1.33 bits per heavy atom. The molecule has 0 spiro atoms. The van der Waals surface area contributed by atoms with Gasteiger partial charge in [-0.3, -0.25) is 4.79 Å². The van der Waals surface area contributed by atoms with Crippen LogP contribution in [0.15, 0.2) is 18.2 Å². The van der Waals surface area contributed by atoms with Crippen molar-refractivity contribution in [1.29, 1.82) is 0 Å². The van der Waals surface area contributed by atoms with Crippen molar-refractivity contribution in [2.24, 2.45) is 5.73 Å². The molecule has 1 aromatic carbocycles. The number of rotatable bonds is 5. The molecule has 2 N–H and O–H groups in total. The number of benzene rings is 1. The van der Waals surface area contributed by atoms with Gasteiger partial charge in [0, 0.05) is 25.1 Å². The topological polar surface area (TPSA) is 46.3 Å². The molecular weight excluding hydrogens is 244 g/mol.